The summed E-state index contributed by atoms with van der Waals surface area (Å²) in [5, 5.41) is 9.01. The molecule has 130 valence electrons. The molecule has 2 aromatic rings. The van der Waals surface area contributed by atoms with Crippen molar-refractivity contribution in [1.29, 1.82) is 0 Å². The zero-order valence-electron chi connectivity index (χ0n) is 13.6. The minimum absolute atomic E-state index is 0.0174. The topological polar surface area (TPSA) is 90.8 Å². The number of aromatic nitrogens is 1. The van der Waals surface area contributed by atoms with Crippen LogP contribution in [0.5, 0.6) is 0 Å². The zero-order chi connectivity index (χ0) is 18.0. The highest BCUT2D eigenvalue weighted by Crippen LogP contribution is 2.18. The molecule has 0 spiro atoms. The molecule has 7 nitrogen and oxygen atoms in total. The number of hydrogen-bond acceptors (Lipinski definition) is 5. The van der Waals surface area contributed by atoms with Gasteiger partial charge in [0.1, 0.15) is 5.69 Å². The van der Waals surface area contributed by atoms with E-state index in [2.05, 4.69) is 4.98 Å². The third-order valence-corrected chi connectivity index (χ3v) is 5.02. The predicted octanol–water partition coefficient (Wildman–Crippen LogP) is 1.75. The number of rotatable bonds is 3. The molecule has 25 heavy (non-hydrogen) atoms. The van der Waals surface area contributed by atoms with Crippen LogP contribution in [0.25, 0.3) is 0 Å². The van der Waals surface area contributed by atoms with Crippen LogP contribution in [-0.4, -0.2) is 63.9 Å². The number of piperazine rings is 1. The number of nitrogens with zero attached hydrogens (tertiary/aromatic N) is 3. The molecule has 3 rings (SSSR count). The molecular formula is C17H17N3O4S. The second kappa shape index (κ2) is 7.02. The van der Waals surface area contributed by atoms with E-state index in [0.717, 1.165) is 4.88 Å². The number of pyridine rings is 1. The summed E-state index contributed by atoms with van der Waals surface area (Å²) in [5.74, 6) is -1.43. The summed E-state index contributed by atoms with van der Waals surface area (Å²) in [6.45, 7) is 3.64. The van der Waals surface area contributed by atoms with Crippen molar-refractivity contribution < 1.29 is 19.5 Å². The smallest absolute Gasteiger partial charge is 0.335 e. The first kappa shape index (κ1) is 17.1. The van der Waals surface area contributed by atoms with Gasteiger partial charge in [-0.1, -0.05) is 0 Å². The van der Waals surface area contributed by atoms with Gasteiger partial charge in [-0.3, -0.25) is 14.6 Å². The average Bonchev–Trinajstić information content (AvgIpc) is 3.07. The molecule has 2 aromatic heterocycles. The van der Waals surface area contributed by atoms with E-state index in [4.69, 9.17) is 5.11 Å². The van der Waals surface area contributed by atoms with Gasteiger partial charge in [-0.2, -0.15) is 0 Å². The first-order chi connectivity index (χ1) is 12.0. The highest BCUT2D eigenvalue weighted by atomic mass is 32.1. The molecule has 8 heteroatoms. The van der Waals surface area contributed by atoms with Gasteiger partial charge in [-0.25, -0.2) is 4.79 Å². The Morgan fingerprint density at radius 2 is 1.68 bits per heavy atom. The van der Waals surface area contributed by atoms with E-state index < -0.39 is 5.97 Å². The van der Waals surface area contributed by atoms with E-state index in [1.54, 1.807) is 9.80 Å². The maximum absolute atomic E-state index is 12.5. The normalized spacial score (nSPS) is 14.4. The number of amides is 2. The Kier molecular flexibility index (Phi) is 4.80. The summed E-state index contributed by atoms with van der Waals surface area (Å²) in [5.41, 5.74) is 0.133. The van der Waals surface area contributed by atoms with Crippen molar-refractivity contribution in [3.8, 4) is 0 Å². The number of carboxylic acid groups (broad SMARTS) is 1. The van der Waals surface area contributed by atoms with Crippen molar-refractivity contribution in [3.63, 3.8) is 0 Å². The monoisotopic (exact) mass is 359 g/mol. The lowest BCUT2D eigenvalue weighted by Gasteiger charge is -2.34. The number of aromatic carboxylic acids is 1. The first-order valence-corrected chi connectivity index (χ1v) is 8.61. The number of aryl methyl sites for hydroxylation is 1. The van der Waals surface area contributed by atoms with Gasteiger partial charge < -0.3 is 14.9 Å². The largest absolute Gasteiger partial charge is 0.478 e. The Labute approximate surface area is 148 Å². The van der Waals surface area contributed by atoms with Crippen molar-refractivity contribution in [3.05, 3.63) is 51.5 Å². The zero-order valence-corrected chi connectivity index (χ0v) is 14.5. The molecule has 1 aliphatic rings. The lowest BCUT2D eigenvalue weighted by Crippen LogP contribution is -2.50. The lowest BCUT2D eigenvalue weighted by atomic mass is 10.2. The SMILES string of the molecule is Cc1ccc(C(=O)N2CCN(C(=O)c3cc(C(=O)O)ccn3)CC2)s1. The van der Waals surface area contributed by atoms with Gasteiger partial charge in [0.2, 0.25) is 0 Å². The fraction of sp³-hybridized carbons (Fsp3) is 0.294. The summed E-state index contributed by atoms with van der Waals surface area (Å²) in [4.78, 5) is 45.0. The summed E-state index contributed by atoms with van der Waals surface area (Å²) in [6.07, 6.45) is 1.32. The molecule has 2 amide bonds. The van der Waals surface area contributed by atoms with Gasteiger partial charge in [0.15, 0.2) is 0 Å². The molecule has 0 aliphatic carbocycles. The molecule has 0 unspecified atom stereocenters. The average molecular weight is 359 g/mol. The van der Waals surface area contributed by atoms with E-state index >= 15 is 0 Å². The number of hydrogen-bond donors (Lipinski definition) is 1. The van der Waals surface area contributed by atoms with Crippen LogP contribution in [0, 0.1) is 6.92 Å². The molecule has 1 aliphatic heterocycles. The second-order valence-corrected chi connectivity index (χ2v) is 7.02. The molecule has 0 bridgehead atoms. The first-order valence-electron chi connectivity index (χ1n) is 7.80. The van der Waals surface area contributed by atoms with Crippen LogP contribution in [0.15, 0.2) is 30.5 Å². The van der Waals surface area contributed by atoms with Crippen LogP contribution in [-0.2, 0) is 0 Å². The molecular weight excluding hydrogens is 342 g/mol. The molecule has 0 atom stereocenters. The molecule has 1 fully saturated rings. The van der Waals surface area contributed by atoms with Crippen LogP contribution in [0.4, 0.5) is 0 Å². The molecule has 0 aromatic carbocycles. The van der Waals surface area contributed by atoms with Crippen molar-refractivity contribution in [1.82, 2.24) is 14.8 Å². The molecule has 3 heterocycles. The lowest BCUT2D eigenvalue weighted by molar-refractivity contribution is 0.0534. The van der Waals surface area contributed by atoms with Gasteiger partial charge >= 0.3 is 5.97 Å². The van der Waals surface area contributed by atoms with Crippen molar-refractivity contribution in [2.75, 3.05) is 26.2 Å². The maximum Gasteiger partial charge on any atom is 0.335 e. The summed E-state index contributed by atoms with van der Waals surface area (Å²) >= 11 is 1.46. The summed E-state index contributed by atoms with van der Waals surface area (Å²) < 4.78 is 0. The highest BCUT2D eigenvalue weighted by molar-refractivity contribution is 7.13. The van der Waals surface area contributed by atoms with Crippen molar-refractivity contribution >= 4 is 29.1 Å². The molecule has 1 N–H and O–H groups in total. The Hall–Kier alpha value is -2.74. The van der Waals surface area contributed by atoms with Gasteiger partial charge in [0.05, 0.1) is 10.4 Å². The summed E-state index contributed by atoms with van der Waals surface area (Å²) in [6, 6.07) is 6.36. The quantitative estimate of drug-likeness (QED) is 0.901. The van der Waals surface area contributed by atoms with Crippen LogP contribution in [0.3, 0.4) is 0 Å². The number of thiophene rings is 1. The van der Waals surface area contributed by atoms with Crippen molar-refractivity contribution in [2.45, 2.75) is 6.92 Å². The van der Waals surface area contributed by atoms with Crippen LogP contribution in [0.1, 0.15) is 35.4 Å². The molecule has 0 radical (unpaired) electrons. The number of carbonyl (C=O) groups excluding carboxylic acids is 2. The fourth-order valence-electron chi connectivity index (χ4n) is 2.66. The maximum atomic E-state index is 12.5. The van der Waals surface area contributed by atoms with Crippen molar-refractivity contribution in [2.24, 2.45) is 0 Å². The highest BCUT2D eigenvalue weighted by Gasteiger charge is 2.27. The second-order valence-electron chi connectivity index (χ2n) is 5.73. The minimum Gasteiger partial charge on any atom is -0.478 e. The van der Waals surface area contributed by atoms with E-state index in [1.807, 2.05) is 19.1 Å². The van der Waals surface area contributed by atoms with E-state index in [-0.39, 0.29) is 23.1 Å². The van der Waals surface area contributed by atoms with E-state index in [0.29, 0.717) is 31.1 Å². The third kappa shape index (κ3) is 3.69. The van der Waals surface area contributed by atoms with Crippen LogP contribution in [0.2, 0.25) is 0 Å². The van der Waals surface area contributed by atoms with E-state index in [9.17, 15) is 14.4 Å². The van der Waals surface area contributed by atoms with Gasteiger partial charge in [-0.05, 0) is 31.2 Å². The molecule has 0 saturated carbocycles. The molecule has 1 saturated heterocycles. The van der Waals surface area contributed by atoms with Crippen LogP contribution < -0.4 is 0 Å². The van der Waals surface area contributed by atoms with E-state index in [1.165, 1.54) is 29.7 Å². The van der Waals surface area contributed by atoms with Crippen LogP contribution >= 0.6 is 11.3 Å². The fourth-order valence-corrected chi connectivity index (χ4v) is 3.50. The summed E-state index contributed by atoms with van der Waals surface area (Å²) in [7, 11) is 0. The Morgan fingerprint density at radius 1 is 1.04 bits per heavy atom. The third-order valence-electron chi connectivity index (χ3n) is 4.03. The Morgan fingerprint density at radius 3 is 2.24 bits per heavy atom. The Balaban J connectivity index is 1.64. The standard InChI is InChI=1S/C17H17N3O4S/c1-11-2-3-14(25-11)16(22)20-8-6-19(7-9-20)15(21)13-10-12(17(23)24)4-5-18-13/h2-5,10H,6-9H2,1H3,(H,23,24). The number of carbonyl (C=O) groups is 3. The number of carboxylic acids is 1. The minimum atomic E-state index is -1.10. The predicted molar refractivity (Wildman–Crippen MR) is 92.1 cm³/mol. The van der Waals surface area contributed by atoms with Gasteiger partial charge in [0, 0.05) is 37.3 Å². The Bertz CT molecular complexity index is 825. The van der Waals surface area contributed by atoms with Gasteiger partial charge in [0.25, 0.3) is 11.8 Å². The van der Waals surface area contributed by atoms with Gasteiger partial charge in [-0.15, -0.1) is 11.3 Å².